The minimum Gasteiger partial charge on any atom is -0.511 e. The number of Topliss-reactive ketones (excluding diaryl/α,β-unsaturated/α-hetero) is 3. The third-order valence-electron chi connectivity index (χ3n) is 6.98. The number of aliphatic hydroxyl groups is 1. The SMILES string of the molecule is CC(C)C[C@@H](C1=C(O)C(C)(C)C(=O)C(C)(C)C1=O)c1c(O)cc(O)c(C(=O)Cc2ccccc2)c1O. The summed E-state index contributed by atoms with van der Waals surface area (Å²) in [5, 5.41) is 43.8. The van der Waals surface area contributed by atoms with E-state index in [1.807, 2.05) is 13.8 Å². The van der Waals surface area contributed by atoms with Crippen molar-refractivity contribution in [1.29, 1.82) is 0 Å². The number of benzene rings is 2. The number of allylic oxidation sites excluding steroid dienone is 2. The smallest absolute Gasteiger partial charge is 0.175 e. The molecule has 1 aliphatic carbocycles. The van der Waals surface area contributed by atoms with E-state index in [2.05, 4.69) is 0 Å². The quantitative estimate of drug-likeness (QED) is 0.300. The standard InChI is InChI=1S/C29H34O7/c1-15(2)12-17(22-25(34)28(3,4)27(36)29(5,6)26(22)35)21-19(31)14-20(32)23(24(21)33)18(30)13-16-10-8-7-9-11-16/h7-11,14-15,17,31-34H,12-13H2,1-6H3/t17-/m1/s1. The number of aromatic hydroxyl groups is 3. The molecule has 1 atom stereocenters. The van der Waals surface area contributed by atoms with Crippen molar-refractivity contribution in [2.24, 2.45) is 16.7 Å². The van der Waals surface area contributed by atoms with Gasteiger partial charge in [-0.05, 0) is 45.6 Å². The molecular formula is C29H34O7. The summed E-state index contributed by atoms with van der Waals surface area (Å²) in [7, 11) is 0. The Balaban J connectivity index is 2.27. The third kappa shape index (κ3) is 4.50. The van der Waals surface area contributed by atoms with Crippen LogP contribution in [0.25, 0.3) is 0 Å². The first-order valence-electron chi connectivity index (χ1n) is 12.0. The predicted octanol–water partition coefficient (Wildman–Crippen LogP) is 5.37. The summed E-state index contributed by atoms with van der Waals surface area (Å²) in [6.45, 7) is 9.77. The number of phenolic OH excluding ortho intramolecular Hbond substituents is 3. The van der Waals surface area contributed by atoms with Gasteiger partial charge in [0, 0.05) is 29.5 Å². The molecule has 0 fully saturated rings. The number of hydrogen-bond donors (Lipinski definition) is 4. The van der Waals surface area contributed by atoms with Crippen LogP contribution in [-0.4, -0.2) is 37.8 Å². The monoisotopic (exact) mass is 494 g/mol. The Morgan fingerprint density at radius 3 is 2.03 bits per heavy atom. The van der Waals surface area contributed by atoms with Crippen molar-refractivity contribution >= 4 is 17.3 Å². The van der Waals surface area contributed by atoms with Gasteiger partial charge in [0.1, 0.15) is 28.6 Å². The molecule has 0 bridgehead atoms. The number of carbonyl (C=O) groups excluding carboxylic acids is 3. The molecule has 0 saturated heterocycles. The summed E-state index contributed by atoms with van der Waals surface area (Å²) in [5.74, 6) is -4.93. The van der Waals surface area contributed by atoms with Crippen LogP contribution in [0.2, 0.25) is 0 Å². The zero-order chi connectivity index (χ0) is 27.2. The molecule has 4 N–H and O–H groups in total. The first-order valence-corrected chi connectivity index (χ1v) is 12.0. The number of hydrogen-bond acceptors (Lipinski definition) is 7. The summed E-state index contributed by atoms with van der Waals surface area (Å²) in [6.07, 6.45) is 0.103. The van der Waals surface area contributed by atoms with Gasteiger partial charge in [0.05, 0.1) is 10.8 Å². The van der Waals surface area contributed by atoms with Crippen molar-refractivity contribution in [2.45, 2.75) is 60.3 Å². The lowest BCUT2D eigenvalue weighted by Gasteiger charge is -2.41. The molecule has 0 spiro atoms. The second-order valence-corrected chi connectivity index (χ2v) is 11.0. The molecule has 7 heteroatoms. The Kier molecular flexibility index (Phi) is 7.08. The minimum absolute atomic E-state index is 0.0666. The van der Waals surface area contributed by atoms with Gasteiger partial charge < -0.3 is 20.4 Å². The van der Waals surface area contributed by atoms with Crippen LogP contribution in [0.4, 0.5) is 0 Å². The average molecular weight is 495 g/mol. The maximum Gasteiger partial charge on any atom is 0.175 e. The van der Waals surface area contributed by atoms with Crippen molar-refractivity contribution in [2.75, 3.05) is 0 Å². The summed E-state index contributed by atoms with van der Waals surface area (Å²) in [4.78, 5) is 39.7. The third-order valence-corrected chi connectivity index (χ3v) is 6.98. The maximum atomic E-state index is 13.6. The molecule has 0 aliphatic heterocycles. The molecule has 2 aromatic rings. The Morgan fingerprint density at radius 1 is 0.889 bits per heavy atom. The van der Waals surface area contributed by atoms with E-state index in [1.165, 1.54) is 27.7 Å². The lowest BCUT2D eigenvalue weighted by Crippen LogP contribution is -2.49. The zero-order valence-electron chi connectivity index (χ0n) is 21.5. The van der Waals surface area contributed by atoms with E-state index >= 15 is 0 Å². The van der Waals surface area contributed by atoms with Crippen molar-refractivity contribution in [3.63, 3.8) is 0 Å². The zero-order valence-corrected chi connectivity index (χ0v) is 21.5. The predicted molar refractivity (Wildman–Crippen MR) is 135 cm³/mol. The first-order chi connectivity index (χ1) is 16.6. The minimum atomic E-state index is -1.45. The highest BCUT2D eigenvalue weighted by atomic mass is 16.3. The summed E-state index contributed by atoms with van der Waals surface area (Å²) < 4.78 is 0. The fourth-order valence-corrected chi connectivity index (χ4v) is 5.09. The number of ketones is 3. The van der Waals surface area contributed by atoms with Gasteiger partial charge in [-0.15, -0.1) is 0 Å². The number of rotatable bonds is 7. The van der Waals surface area contributed by atoms with Crippen molar-refractivity contribution in [3.8, 4) is 17.2 Å². The van der Waals surface area contributed by atoms with Crippen LogP contribution in [0.1, 0.15) is 75.4 Å². The molecule has 7 nitrogen and oxygen atoms in total. The molecule has 192 valence electrons. The van der Waals surface area contributed by atoms with Gasteiger partial charge in [-0.25, -0.2) is 0 Å². The highest BCUT2D eigenvalue weighted by Crippen LogP contribution is 2.52. The lowest BCUT2D eigenvalue weighted by atomic mass is 9.60. The highest BCUT2D eigenvalue weighted by molar-refractivity contribution is 6.19. The normalized spacial score (nSPS) is 18.0. The van der Waals surface area contributed by atoms with Crippen molar-refractivity contribution < 1.29 is 34.8 Å². The van der Waals surface area contributed by atoms with E-state index in [0.717, 1.165) is 6.07 Å². The van der Waals surface area contributed by atoms with E-state index in [1.54, 1.807) is 30.3 Å². The summed E-state index contributed by atoms with van der Waals surface area (Å²) in [5.41, 5.74) is -2.77. The molecule has 0 unspecified atom stereocenters. The molecule has 0 aromatic heterocycles. The number of carbonyl (C=O) groups is 3. The molecule has 2 aromatic carbocycles. The fraction of sp³-hybridized carbons (Fsp3) is 0.414. The largest absolute Gasteiger partial charge is 0.511 e. The van der Waals surface area contributed by atoms with E-state index < -0.39 is 57.1 Å². The Bertz CT molecular complexity index is 1250. The van der Waals surface area contributed by atoms with E-state index in [0.29, 0.717) is 5.56 Å². The average Bonchev–Trinajstić information content (AvgIpc) is 2.77. The van der Waals surface area contributed by atoms with Crippen LogP contribution in [0.5, 0.6) is 17.2 Å². The molecule has 0 amide bonds. The van der Waals surface area contributed by atoms with Gasteiger partial charge in [0.2, 0.25) is 0 Å². The Labute approximate surface area is 211 Å². The van der Waals surface area contributed by atoms with Gasteiger partial charge in [0.25, 0.3) is 0 Å². The highest BCUT2D eigenvalue weighted by Gasteiger charge is 2.55. The first kappa shape index (κ1) is 27.0. The van der Waals surface area contributed by atoms with E-state index in [9.17, 15) is 34.8 Å². The summed E-state index contributed by atoms with van der Waals surface area (Å²) >= 11 is 0. The van der Waals surface area contributed by atoms with Crippen LogP contribution in [-0.2, 0) is 16.0 Å². The topological polar surface area (TPSA) is 132 Å². The van der Waals surface area contributed by atoms with Crippen LogP contribution in [0.15, 0.2) is 47.7 Å². The molecule has 0 saturated carbocycles. The molecule has 0 radical (unpaired) electrons. The number of phenols is 3. The van der Waals surface area contributed by atoms with Gasteiger partial charge in [-0.3, -0.25) is 14.4 Å². The number of aliphatic hydroxyl groups excluding tert-OH is 1. The molecule has 36 heavy (non-hydrogen) atoms. The molecular weight excluding hydrogens is 460 g/mol. The van der Waals surface area contributed by atoms with Gasteiger partial charge in [-0.1, -0.05) is 44.2 Å². The molecule has 0 heterocycles. The van der Waals surface area contributed by atoms with Crippen LogP contribution < -0.4 is 0 Å². The summed E-state index contributed by atoms with van der Waals surface area (Å²) in [6, 6.07) is 9.76. The van der Waals surface area contributed by atoms with E-state index in [4.69, 9.17) is 0 Å². The maximum absolute atomic E-state index is 13.6. The van der Waals surface area contributed by atoms with Gasteiger partial charge in [-0.2, -0.15) is 0 Å². The molecule has 3 rings (SSSR count). The molecule has 1 aliphatic rings. The van der Waals surface area contributed by atoms with Crippen LogP contribution >= 0.6 is 0 Å². The van der Waals surface area contributed by atoms with E-state index in [-0.39, 0.29) is 35.5 Å². The van der Waals surface area contributed by atoms with Crippen LogP contribution in [0.3, 0.4) is 0 Å². The Hall–Kier alpha value is -3.61. The second-order valence-electron chi connectivity index (χ2n) is 11.0. The Morgan fingerprint density at radius 2 is 1.47 bits per heavy atom. The van der Waals surface area contributed by atoms with Crippen molar-refractivity contribution in [1.82, 2.24) is 0 Å². The van der Waals surface area contributed by atoms with Crippen molar-refractivity contribution in [3.05, 3.63) is 64.4 Å². The van der Waals surface area contributed by atoms with Crippen LogP contribution in [0, 0.1) is 16.7 Å². The van der Waals surface area contributed by atoms with Gasteiger partial charge in [0.15, 0.2) is 17.3 Å². The second kappa shape index (κ2) is 9.45. The lowest BCUT2D eigenvalue weighted by molar-refractivity contribution is -0.144. The van der Waals surface area contributed by atoms with Gasteiger partial charge >= 0.3 is 0 Å². The fourth-order valence-electron chi connectivity index (χ4n) is 5.09.